The lowest BCUT2D eigenvalue weighted by atomic mass is 9.80. The third-order valence-corrected chi connectivity index (χ3v) is 4.44. The molecular formula is C17H20N4O4. The van der Waals surface area contributed by atoms with Gasteiger partial charge < -0.3 is 14.7 Å². The number of hydrogen-bond acceptors (Lipinski definition) is 5. The zero-order valence-corrected chi connectivity index (χ0v) is 14.0. The quantitative estimate of drug-likeness (QED) is 0.876. The van der Waals surface area contributed by atoms with Crippen LogP contribution in [0.5, 0.6) is 0 Å². The zero-order valence-electron chi connectivity index (χ0n) is 14.0. The maximum absolute atomic E-state index is 12.7. The van der Waals surface area contributed by atoms with Crippen LogP contribution < -0.4 is 0 Å². The van der Waals surface area contributed by atoms with Crippen LogP contribution in [0.3, 0.4) is 0 Å². The number of carboxylic acids is 1. The number of aromatic nitrogens is 3. The number of para-hydroxylation sites is 1. The Labute approximate surface area is 145 Å². The second kappa shape index (κ2) is 7.02. The Morgan fingerprint density at radius 3 is 2.76 bits per heavy atom. The number of hydrogen-bond donors (Lipinski definition) is 1. The second-order valence-corrected chi connectivity index (χ2v) is 6.20. The Bertz CT molecular complexity index is 757. The van der Waals surface area contributed by atoms with Crippen molar-refractivity contribution >= 4 is 11.9 Å². The van der Waals surface area contributed by atoms with Gasteiger partial charge in [0.15, 0.2) is 5.69 Å². The smallest absolute Gasteiger partial charge is 0.313 e. The van der Waals surface area contributed by atoms with Crippen molar-refractivity contribution in [1.82, 2.24) is 19.9 Å². The standard InChI is InChI=1S/C17H20N4O4/c1-25-12-17(16(23)24)8-5-9-20(11-17)15(22)14-10-18-21(19-14)13-6-3-2-4-7-13/h2-4,6-7,10H,5,8-9,11-12H2,1H3,(H,23,24)/t17-/m0/s1. The minimum absolute atomic E-state index is 0.0722. The predicted molar refractivity (Wildman–Crippen MR) is 88.4 cm³/mol. The van der Waals surface area contributed by atoms with Gasteiger partial charge >= 0.3 is 5.97 Å². The fraction of sp³-hybridized carbons (Fsp3) is 0.412. The number of aliphatic carboxylic acids is 1. The van der Waals surface area contributed by atoms with E-state index in [2.05, 4.69) is 10.2 Å². The average Bonchev–Trinajstić information content (AvgIpc) is 3.12. The van der Waals surface area contributed by atoms with Gasteiger partial charge in [0.1, 0.15) is 5.41 Å². The molecule has 25 heavy (non-hydrogen) atoms. The van der Waals surface area contributed by atoms with Crippen LogP contribution in [0.15, 0.2) is 36.5 Å². The van der Waals surface area contributed by atoms with E-state index in [1.54, 1.807) is 0 Å². The molecule has 1 N–H and O–H groups in total. The molecule has 1 aromatic heterocycles. The number of carbonyl (C=O) groups excluding carboxylic acids is 1. The SMILES string of the molecule is COC[C@]1(C(=O)O)CCCN(C(=O)c2cnn(-c3ccccc3)n2)C1. The van der Waals surface area contributed by atoms with Crippen LogP contribution in [0, 0.1) is 5.41 Å². The number of carboxylic acid groups (broad SMARTS) is 1. The van der Waals surface area contributed by atoms with Crippen LogP contribution >= 0.6 is 0 Å². The van der Waals surface area contributed by atoms with E-state index >= 15 is 0 Å². The molecule has 0 unspecified atom stereocenters. The maximum atomic E-state index is 12.7. The van der Waals surface area contributed by atoms with Crippen LogP contribution in [0.2, 0.25) is 0 Å². The second-order valence-electron chi connectivity index (χ2n) is 6.20. The summed E-state index contributed by atoms with van der Waals surface area (Å²) in [4.78, 5) is 27.4. The highest BCUT2D eigenvalue weighted by molar-refractivity contribution is 5.92. The molecular weight excluding hydrogens is 324 g/mol. The van der Waals surface area contributed by atoms with E-state index in [1.807, 2.05) is 30.3 Å². The van der Waals surface area contributed by atoms with Crippen molar-refractivity contribution in [2.75, 3.05) is 26.8 Å². The highest BCUT2D eigenvalue weighted by atomic mass is 16.5. The van der Waals surface area contributed by atoms with Crippen LogP contribution in [0.4, 0.5) is 0 Å². The summed E-state index contributed by atoms with van der Waals surface area (Å²) in [6, 6.07) is 9.27. The third-order valence-electron chi connectivity index (χ3n) is 4.44. The van der Waals surface area contributed by atoms with Gasteiger partial charge in [-0.05, 0) is 25.0 Å². The first-order valence-electron chi connectivity index (χ1n) is 8.05. The molecule has 2 heterocycles. The fourth-order valence-corrected chi connectivity index (χ4v) is 3.14. The first kappa shape index (κ1) is 17.1. The van der Waals surface area contributed by atoms with E-state index in [1.165, 1.54) is 23.0 Å². The minimum Gasteiger partial charge on any atom is -0.481 e. The lowest BCUT2D eigenvalue weighted by Gasteiger charge is -2.39. The number of carbonyl (C=O) groups is 2. The van der Waals surface area contributed by atoms with Crippen LogP contribution in [0.25, 0.3) is 5.69 Å². The van der Waals surface area contributed by atoms with Gasteiger partial charge in [-0.15, -0.1) is 5.10 Å². The Balaban J connectivity index is 1.79. The molecule has 1 aliphatic rings. The molecule has 132 valence electrons. The lowest BCUT2D eigenvalue weighted by Crippen LogP contribution is -2.52. The van der Waals surface area contributed by atoms with Crippen molar-refractivity contribution in [3.05, 3.63) is 42.2 Å². The summed E-state index contributed by atoms with van der Waals surface area (Å²) in [7, 11) is 1.47. The summed E-state index contributed by atoms with van der Waals surface area (Å²) in [6.07, 6.45) is 2.49. The highest BCUT2D eigenvalue weighted by Gasteiger charge is 2.44. The van der Waals surface area contributed by atoms with Crippen molar-refractivity contribution in [1.29, 1.82) is 0 Å². The monoisotopic (exact) mass is 344 g/mol. The summed E-state index contributed by atoms with van der Waals surface area (Å²) < 4.78 is 5.09. The van der Waals surface area contributed by atoms with Gasteiger partial charge in [-0.2, -0.15) is 9.90 Å². The van der Waals surface area contributed by atoms with E-state index in [0.717, 1.165) is 5.69 Å². The Morgan fingerprint density at radius 2 is 2.08 bits per heavy atom. The molecule has 0 bridgehead atoms. The van der Waals surface area contributed by atoms with Gasteiger partial charge in [-0.25, -0.2) is 0 Å². The predicted octanol–water partition coefficient (Wildman–Crippen LogP) is 1.22. The topological polar surface area (TPSA) is 97.5 Å². The van der Waals surface area contributed by atoms with E-state index in [0.29, 0.717) is 19.4 Å². The maximum Gasteiger partial charge on any atom is 0.313 e. The lowest BCUT2D eigenvalue weighted by molar-refractivity contribution is -0.155. The highest BCUT2D eigenvalue weighted by Crippen LogP contribution is 2.31. The fourth-order valence-electron chi connectivity index (χ4n) is 3.14. The number of piperidine rings is 1. The Hall–Kier alpha value is -2.74. The summed E-state index contributed by atoms with van der Waals surface area (Å²) >= 11 is 0. The number of ether oxygens (including phenoxy) is 1. The van der Waals surface area contributed by atoms with Gasteiger partial charge in [0.05, 0.1) is 18.5 Å². The number of methoxy groups -OCH3 is 1. The molecule has 1 aliphatic heterocycles. The molecule has 0 spiro atoms. The van der Waals surface area contributed by atoms with E-state index in [4.69, 9.17) is 4.74 Å². The van der Waals surface area contributed by atoms with E-state index in [-0.39, 0.29) is 24.8 Å². The number of amides is 1. The summed E-state index contributed by atoms with van der Waals surface area (Å²) in [5, 5.41) is 17.9. The number of nitrogens with zero attached hydrogens (tertiary/aromatic N) is 4. The summed E-state index contributed by atoms with van der Waals surface area (Å²) in [5.41, 5.74) is -0.125. The number of rotatable bonds is 5. The van der Waals surface area contributed by atoms with Gasteiger partial charge in [0.2, 0.25) is 0 Å². The molecule has 8 heteroatoms. The van der Waals surface area contributed by atoms with Crippen molar-refractivity contribution in [3.8, 4) is 5.69 Å². The van der Waals surface area contributed by atoms with Crippen molar-refractivity contribution in [2.45, 2.75) is 12.8 Å². The van der Waals surface area contributed by atoms with Crippen molar-refractivity contribution in [3.63, 3.8) is 0 Å². The summed E-state index contributed by atoms with van der Waals surface area (Å²) in [6.45, 7) is 0.672. The number of likely N-dealkylation sites (tertiary alicyclic amines) is 1. The zero-order chi connectivity index (χ0) is 17.9. The summed E-state index contributed by atoms with van der Waals surface area (Å²) in [5.74, 6) is -1.26. The van der Waals surface area contributed by atoms with Gasteiger partial charge in [0.25, 0.3) is 5.91 Å². The minimum atomic E-state index is -1.07. The first-order valence-corrected chi connectivity index (χ1v) is 8.05. The van der Waals surface area contributed by atoms with Gasteiger partial charge in [-0.3, -0.25) is 9.59 Å². The Kier molecular flexibility index (Phi) is 4.80. The van der Waals surface area contributed by atoms with Crippen LogP contribution in [0.1, 0.15) is 23.3 Å². The normalized spacial score (nSPS) is 20.4. The number of benzene rings is 1. The molecule has 2 aromatic rings. The van der Waals surface area contributed by atoms with Crippen LogP contribution in [-0.4, -0.2) is 63.7 Å². The molecule has 3 rings (SSSR count). The molecule has 0 saturated carbocycles. The molecule has 0 radical (unpaired) electrons. The first-order chi connectivity index (χ1) is 12.1. The van der Waals surface area contributed by atoms with Crippen LogP contribution in [-0.2, 0) is 9.53 Å². The Morgan fingerprint density at radius 1 is 1.32 bits per heavy atom. The molecule has 1 saturated heterocycles. The van der Waals surface area contributed by atoms with Gasteiger partial charge in [0, 0.05) is 20.2 Å². The van der Waals surface area contributed by atoms with Gasteiger partial charge in [-0.1, -0.05) is 18.2 Å². The molecule has 8 nitrogen and oxygen atoms in total. The van der Waals surface area contributed by atoms with E-state index < -0.39 is 11.4 Å². The molecule has 1 aromatic carbocycles. The third kappa shape index (κ3) is 3.39. The van der Waals surface area contributed by atoms with Crippen molar-refractivity contribution < 1.29 is 19.4 Å². The largest absolute Gasteiger partial charge is 0.481 e. The van der Waals surface area contributed by atoms with Crippen molar-refractivity contribution in [2.24, 2.45) is 5.41 Å². The molecule has 1 amide bonds. The molecule has 0 aliphatic carbocycles. The average molecular weight is 344 g/mol. The molecule has 1 atom stereocenters. The van der Waals surface area contributed by atoms with E-state index in [9.17, 15) is 14.7 Å². The molecule has 1 fully saturated rings.